The minimum atomic E-state index is -0.649. The molecule has 0 fully saturated rings. The largest absolute Gasteiger partial charge is 0.389 e. The highest BCUT2D eigenvalue weighted by atomic mass is 35.5. The second kappa shape index (κ2) is 9.47. The number of rotatable bonds is 10. The van der Waals surface area contributed by atoms with Crippen LogP contribution in [0.3, 0.4) is 0 Å². The Balaban J connectivity index is 3.11. The number of unbranched alkanes of at least 4 members (excludes halogenated alkanes) is 7. The van der Waals surface area contributed by atoms with E-state index in [1.54, 1.807) is 0 Å². The smallest absolute Gasteiger partial charge is 0.0754 e. The van der Waals surface area contributed by atoms with E-state index >= 15 is 0 Å². The highest BCUT2D eigenvalue weighted by Crippen LogP contribution is 2.17. The molecule has 0 rings (SSSR count). The molecule has 0 aliphatic carbocycles. The Morgan fingerprint density at radius 2 is 1.40 bits per heavy atom. The summed E-state index contributed by atoms with van der Waals surface area (Å²) in [5.41, 5.74) is -0.649. The first-order chi connectivity index (χ1) is 7.12. The van der Waals surface area contributed by atoms with E-state index in [1.807, 2.05) is 6.92 Å². The molecule has 0 spiro atoms. The van der Waals surface area contributed by atoms with Gasteiger partial charge < -0.3 is 5.11 Å². The lowest BCUT2D eigenvalue weighted by Gasteiger charge is -2.19. The summed E-state index contributed by atoms with van der Waals surface area (Å²) in [7, 11) is 0. The van der Waals surface area contributed by atoms with Gasteiger partial charge >= 0.3 is 0 Å². The number of aliphatic hydroxyl groups is 1. The third kappa shape index (κ3) is 10.5. The minimum absolute atomic E-state index is 0.351. The van der Waals surface area contributed by atoms with Crippen LogP contribution in [0.2, 0.25) is 0 Å². The summed E-state index contributed by atoms with van der Waals surface area (Å²) in [6.07, 6.45) is 11.3. The van der Waals surface area contributed by atoms with Crippen molar-refractivity contribution in [2.75, 3.05) is 5.88 Å². The number of alkyl halides is 1. The van der Waals surface area contributed by atoms with Gasteiger partial charge in [-0.05, 0) is 13.3 Å². The molecule has 0 bridgehead atoms. The van der Waals surface area contributed by atoms with Crippen molar-refractivity contribution in [1.29, 1.82) is 0 Å². The maximum Gasteiger partial charge on any atom is 0.0754 e. The van der Waals surface area contributed by atoms with E-state index in [-0.39, 0.29) is 0 Å². The van der Waals surface area contributed by atoms with E-state index in [0.717, 1.165) is 12.8 Å². The van der Waals surface area contributed by atoms with E-state index < -0.39 is 5.60 Å². The molecule has 0 aromatic carbocycles. The van der Waals surface area contributed by atoms with Crippen molar-refractivity contribution in [2.24, 2.45) is 0 Å². The average molecular weight is 235 g/mol. The SMILES string of the molecule is CCCCCCCCCCC(C)(O)CCl. The second-order valence-electron chi connectivity index (χ2n) is 4.86. The number of hydrogen-bond acceptors (Lipinski definition) is 1. The average Bonchev–Trinajstić information content (AvgIpc) is 2.22. The summed E-state index contributed by atoms with van der Waals surface area (Å²) in [6, 6.07) is 0. The van der Waals surface area contributed by atoms with Crippen LogP contribution in [0.1, 0.15) is 71.6 Å². The van der Waals surface area contributed by atoms with E-state index in [1.165, 1.54) is 44.9 Å². The van der Waals surface area contributed by atoms with Gasteiger partial charge in [-0.1, -0.05) is 58.3 Å². The predicted molar refractivity (Wildman–Crippen MR) is 68.6 cm³/mol. The predicted octanol–water partition coefficient (Wildman–Crippen LogP) is 4.51. The van der Waals surface area contributed by atoms with Gasteiger partial charge in [-0.25, -0.2) is 0 Å². The molecule has 92 valence electrons. The lowest BCUT2D eigenvalue weighted by atomic mass is 9.99. The summed E-state index contributed by atoms with van der Waals surface area (Å²) in [5, 5.41) is 9.66. The zero-order valence-corrected chi connectivity index (χ0v) is 11.2. The van der Waals surface area contributed by atoms with Crippen molar-refractivity contribution in [3.05, 3.63) is 0 Å². The maximum absolute atomic E-state index is 9.66. The van der Waals surface area contributed by atoms with Crippen molar-refractivity contribution in [1.82, 2.24) is 0 Å². The van der Waals surface area contributed by atoms with Gasteiger partial charge in [-0.15, -0.1) is 11.6 Å². The van der Waals surface area contributed by atoms with Crippen molar-refractivity contribution in [3.63, 3.8) is 0 Å². The van der Waals surface area contributed by atoms with Crippen molar-refractivity contribution in [2.45, 2.75) is 77.2 Å². The van der Waals surface area contributed by atoms with Crippen LogP contribution in [0.5, 0.6) is 0 Å². The standard InChI is InChI=1S/C13H27ClO/c1-3-4-5-6-7-8-9-10-11-13(2,15)12-14/h15H,3-12H2,1-2H3. The molecule has 15 heavy (non-hydrogen) atoms. The van der Waals surface area contributed by atoms with Gasteiger partial charge in [0.25, 0.3) is 0 Å². The van der Waals surface area contributed by atoms with E-state index in [2.05, 4.69) is 6.92 Å². The highest BCUT2D eigenvalue weighted by Gasteiger charge is 2.17. The maximum atomic E-state index is 9.66. The van der Waals surface area contributed by atoms with Gasteiger partial charge in [-0.3, -0.25) is 0 Å². The normalized spacial score (nSPS) is 15.2. The fourth-order valence-electron chi connectivity index (χ4n) is 1.71. The Morgan fingerprint density at radius 3 is 1.87 bits per heavy atom. The van der Waals surface area contributed by atoms with Gasteiger partial charge in [-0.2, -0.15) is 0 Å². The van der Waals surface area contributed by atoms with Crippen molar-refractivity contribution >= 4 is 11.6 Å². The quantitative estimate of drug-likeness (QED) is 0.436. The first-order valence-electron chi connectivity index (χ1n) is 6.41. The van der Waals surface area contributed by atoms with Gasteiger partial charge in [0, 0.05) is 0 Å². The molecule has 2 heteroatoms. The molecule has 0 aromatic heterocycles. The Morgan fingerprint density at radius 1 is 0.933 bits per heavy atom. The van der Waals surface area contributed by atoms with Crippen LogP contribution >= 0.6 is 11.6 Å². The fraction of sp³-hybridized carbons (Fsp3) is 1.00. The zero-order valence-electron chi connectivity index (χ0n) is 10.4. The van der Waals surface area contributed by atoms with Gasteiger partial charge in [0.1, 0.15) is 0 Å². The molecule has 0 amide bonds. The molecule has 0 aliphatic rings. The lowest BCUT2D eigenvalue weighted by molar-refractivity contribution is 0.0716. The molecular weight excluding hydrogens is 208 g/mol. The monoisotopic (exact) mass is 234 g/mol. The van der Waals surface area contributed by atoms with Crippen LogP contribution < -0.4 is 0 Å². The van der Waals surface area contributed by atoms with E-state index in [4.69, 9.17) is 11.6 Å². The molecule has 1 nitrogen and oxygen atoms in total. The van der Waals surface area contributed by atoms with Gasteiger partial charge in [0.15, 0.2) is 0 Å². The van der Waals surface area contributed by atoms with Crippen LogP contribution in [0.15, 0.2) is 0 Å². The van der Waals surface area contributed by atoms with E-state index in [9.17, 15) is 5.11 Å². The summed E-state index contributed by atoms with van der Waals surface area (Å²) in [4.78, 5) is 0. The Hall–Kier alpha value is 0.250. The molecule has 0 aromatic rings. The Bertz CT molecular complexity index is 134. The first-order valence-corrected chi connectivity index (χ1v) is 6.94. The minimum Gasteiger partial charge on any atom is -0.389 e. The molecule has 1 atom stereocenters. The third-order valence-corrected chi connectivity index (χ3v) is 3.43. The van der Waals surface area contributed by atoms with Crippen LogP contribution in [0.25, 0.3) is 0 Å². The Kier molecular flexibility index (Phi) is 9.63. The highest BCUT2D eigenvalue weighted by molar-refractivity contribution is 6.18. The molecule has 0 radical (unpaired) electrons. The van der Waals surface area contributed by atoms with Crippen molar-refractivity contribution < 1.29 is 5.11 Å². The van der Waals surface area contributed by atoms with Crippen LogP contribution in [-0.4, -0.2) is 16.6 Å². The van der Waals surface area contributed by atoms with Crippen LogP contribution in [-0.2, 0) is 0 Å². The molecular formula is C13H27ClO. The molecule has 0 saturated carbocycles. The third-order valence-electron chi connectivity index (χ3n) is 2.86. The molecule has 0 heterocycles. The first kappa shape index (κ1) is 15.2. The summed E-state index contributed by atoms with van der Waals surface area (Å²) >= 11 is 5.64. The molecule has 1 N–H and O–H groups in total. The van der Waals surface area contributed by atoms with Gasteiger partial charge in [0.05, 0.1) is 11.5 Å². The zero-order chi connectivity index (χ0) is 11.6. The fourth-order valence-corrected chi connectivity index (χ4v) is 1.84. The number of halogens is 1. The topological polar surface area (TPSA) is 20.2 Å². The van der Waals surface area contributed by atoms with Gasteiger partial charge in [0.2, 0.25) is 0 Å². The van der Waals surface area contributed by atoms with Crippen molar-refractivity contribution in [3.8, 4) is 0 Å². The number of hydrogen-bond donors (Lipinski definition) is 1. The molecule has 0 aliphatic heterocycles. The van der Waals surface area contributed by atoms with Crippen LogP contribution in [0, 0.1) is 0 Å². The summed E-state index contributed by atoms with van der Waals surface area (Å²) in [6.45, 7) is 4.06. The molecule has 0 saturated heterocycles. The lowest BCUT2D eigenvalue weighted by Crippen LogP contribution is -2.25. The Labute approximate surface area is 100 Å². The van der Waals surface area contributed by atoms with Crippen LogP contribution in [0.4, 0.5) is 0 Å². The molecule has 1 unspecified atom stereocenters. The second-order valence-corrected chi connectivity index (χ2v) is 5.12. The van der Waals surface area contributed by atoms with E-state index in [0.29, 0.717) is 5.88 Å². The summed E-state index contributed by atoms with van der Waals surface area (Å²) in [5.74, 6) is 0.351. The summed E-state index contributed by atoms with van der Waals surface area (Å²) < 4.78 is 0.